The molecule has 0 unspecified atom stereocenters. The molecule has 1 saturated heterocycles. The van der Waals surface area contributed by atoms with Crippen molar-refractivity contribution in [3.63, 3.8) is 0 Å². The van der Waals surface area contributed by atoms with Crippen LogP contribution in [0.25, 0.3) is 0 Å². The van der Waals surface area contributed by atoms with Gasteiger partial charge in [-0.1, -0.05) is 36.4 Å². The Morgan fingerprint density at radius 3 is 2.42 bits per heavy atom. The summed E-state index contributed by atoms with van der Waals surface area (Å²) in [5.74, 6) is -0.402. The van der Waals surface area contributed by atoms with Crippen molar-refractivity contribution < 1.29 is 14.3 Å². The van der Waals surface area contributed by atoms with Crippen LogP contribution in [0.2, 0.25) is 0 Å². The number of nitrogens with zero attached hydrogens (tertiary/aromatic N) is 2. The van der Waals surface area contributed by atoms with Gasteiger partial charge in [-0.2, -0.15) is 0 Å². The second kappa shape index (κ2) is 6.74. The highest BCUT2D eigenvalue weighted by atomic mass is 16.5. The molecule has 0 N–H and O–H groups in total. The van der Waals surface area contributed by atoms with E-state index in [2.05, 4.69) is 0 Å². The van der Waals surface area contributed by atoms with Crippen molar-refractivity contribution in [3.8, 4) is 5.75 Å². The van der Waals surface area contributed by atoms with E-state index in [4.69, 9.17) is 4.74 Å². The van der Waals surface area contributed by atoms with E-state index in [0.717, 1.165) is 11.1 Å². The van der Waals surface area contributed by atoms with Gasteiger partial charge in [-0.05, 0) is 30.2 Å². The summed E-state index contributed by atoms with van der Waals surface area (Å²) < 4.78 is 5.30. The molecule has 0 aromatic heterocycles. The number of hydrogen-bond donors (Lipinski definition) is 0. The Balaban J connectivity index is 1.79. The number of anilines is 1. The lowest BCUT2D eigenvalue weighted by atomic mass is 10.1. The van der Waals surface area contributed by atoms with E-state index in [-0.39, 0.29) is 0 Å². The molecule has 1 aliphatic heterocycles. The molecule has 3 rings (SSSR count). The third kappa shape index (κ3) is 2.97. The number of hydrogen-bond acceptors (Lipinski definition) is 3. The predicted molar refractivity (Wildman–Crippen MR) is 91.9 cm³/mol. The Morgan fingerprint density at radius 1 is 0.958 bits per heavy atom. The lowest BCUT2D eigenvalue weighted by molar-refractivity contribution is -0.146. The van der Waals surface area contributed by atoms with Crippen LogP contribution >= 0.6 is 0 Å². The maximum absolute atomic E-state index is 12.6. The third-order valence-corrected chi connectivity index (χ3v) is 4.31. The van der Waals surface area contributed by atoms with Crippen molar-refractivity contribution in [2.24, 2.45) is 0 Å². The van der Waals surface area contributed by atoms with Crippen LogP contribution in [-0.2, 0) is 16.1 Å². The average molecular weight is 324 g/mol. The molecule has 1 heterocycles. The van der Waals surface area contributed by atoms with Gasteiger partial charge in [-0.25, -0.2) is 0 Å². The van der Waals surface area contributed by atoms with Gasteiger partial charge in [0.05, 0.1) is 12.8 Å². The number of benzene rings is 2. The minimum Gasteiger partial charge on any atom is -0.495 e. The van der Waals surface area contributed by atoms with E-state index < -0.39 is 11.8 Å². The van der Waals surface area contributed by atoms with Crippen LogP contribution in [0, 0.1) is 6.92 Å². The fraction of sp³-hybridized carbons (Fsp3) is 0.263. The Morgan fingerprint density at radius 2 is 1.67 bits per heavy atom. The SMILES string of the molecule is COc1ccccc1N1CCN(Cc2ccccc2C)C(=O)C1=O. The molecule has 1 fully saturated rings. The quantitative estimate of drug-likeness (QED) is 0.811. The minimum atomic E-state index is -0.515. The summed E-state index contributed by atoms with van der Waals surface area (Å²) in [7, 11) is 1.56. The number of para-hydroxylation sites is 2. The molecule has 124 valence electrons. The summed E-state index contributed by atoms with van der Waals surface area (Å²) in [5, 5.41) is 0. The molecule has 0 atom stereocenters. The number of rotatable bonds is 4. The third-order valence-electron chi connectivity index (χ3n) is 4.31. The number of ether oxygens (including phenoxy) is 1. The largest absolute Gasteiger partial charge is 0.495 e. The maximum Gasteiger partial charge on any atom is 0.316 e. The molecule has 5 nitrogen and oxygen atoms in total. The number of piperazine rings is 1. The Hall–Kier alpha value is -2.82. The van der Waals surface area contributed by atoms with Crippen LogP contribution in [0.1, 0.15) is 11.1 Å². The highest BCUT2D eigenvalue weighted by Gasteiger charge is 2.34. The lowest BCUT2D eigenvalue weighted by Gasteiger charge is -2.34. The van der Waals surface area contributed by atoms with Gasteiger partial charge in [0.1, 0.15) is 5.75 Å². The predicted octanol–water partition coefficient (Wildman–Crippen LogP) is 2.38. The first-order valence-electron chi connectivity index (χ1n) is 7.90. The summed E-state index contributed by atoms with van der Waals surface area (Å²) in [4.78, 5) is 28.2. The molecule has 5 heteroatoms. The highest BCUT2D eigenvalue weighted by molar-refractivity contribution is 6.41. The molecule has 2 aromatic rings. The molecule has 0 saturated carbocycles. The fourth-order valence-corrected chi connectivity index (χ4v) is 2.90. The van der Waals surface area contributed by atoms with Gasteiger partial charge in [-0.15, -0.1) is 0 Å². The Bertz CT molecular complexity index is 773. The van der Waals surface area contributed by atoms with Gasteiger partial charge in [-0.3, -0.25) is 14.5 Å². The van der Waals surface area contributed by atoms with E-state index in [0.29, 0.717) is 31.1 Å². The Kier molecular flexibility index (Phi) is 4.51. The fourth-order valence-electron chi connectivity index (χ4n) is 2.90. The van der Waals surface area contributed by atoms with Crippen LogP contribution in [0.4, 0.5) is 5.69 Å². The van der Waals surface area contributed by atoms with Crippen molar-refractivity contribution in [1.29, 1.82) is 0 Å². The zero-order chi connectivity index (χ0) is 17.1. The van der Waals surface area contributed by atoms with Gasteiger partial charge in [0.2, 0.25) is 0 Å². The normalized spacial score (nSPS) is 14.9. The van der Waals surface area contributed by atoms with Gasteiger partial charge < -0.3 is 9.64 Å². The standard InChI is InChI=1S/C19H20N2O3/c1-14-7-3-4-8-15(14)13-20-11-12-21(19(23)18(20)22)16-9-5-6-10-17(16)24-2/h3-10H,11-13H2,1-2H3. The van der Waals surface area contributed by atoms with Gasteiger partial charge >= 0.3 is 11.8 Å². The first kappa shape index (κ1) is 16.1. The van der Waals surface area contributed by atoms with Crippen molar-refractivity contribution in [3.05, 3.63) is 59.7 Å². The smallest absolute Gasteiger partial charge is 0.316 e. The van der Waals surface area contributed by atoms with E-state index in [9.17, 15) is 9.59 Å². The summed E-state index contributed by atoms with van der Waals surface area (Å²) >= 11 is 0. The first-order chi connectivity index (χ1) is 11.6. The summed E-state index contributed by atoms with van der Waals surface area (Å²) in [6, 6.07) is 15.1. The van der Waals surface area contributed by atoms with E-state index in [1.54, 1.807) is 24.1 Å². The number of amides is 2. The monoisotopic (exact) mass is 324 g/mol. The van der Waals surface area contributed by atoms with Gasteiger partial charge in [0.15, 0.2) is 0 Å². The summed E-state index contributed by atoms with van der Waals surface area (Å²) in [6.45, 7) is 3.41. The van der Waals surface area contributed by atoms with Crippen LogP contribution < -0.4 is 9.64 Å². The zero-order valence-electron chi connectivity index (χ0n) is 13.9. The zero-order valence-corrected chi connectivity index (χ0v) is 13.9. The van der Waals surface area contributed by atoms with Crippen molar-refractivity contribution in [2.75, 3.05) is 25.1 Å². The maximum atomic E-state index is 12.6. The topological polar surface area (TPSA) is 49.9 Å². The molecule has 0 bridgehead atoms. The second-order valence-electron chi connectivity index (χ2n) is 5.78. The number of methoxy groups -OCH3 is 1. The highest BCUT2D eigenvalue weighted by Crippen LogP contribution is 2.29. The lowest BCUT2D eigenvalue weighted by Crippen LogP contribution is -2.54. The number of carbonyl (C=O) groups excluding carboxylic acids is 2. The molecule has 0 radical (unpaired) electrons. The minimum absolute atomic E-state index is 0.455. The van der Waals surface area contributed by atoms with Crippen molar-refractivity contribution in [1.82, 2.24) is 4.90 Å². The number of aryl methyl sites for hydroxylation is 1. The molecular formula is C19H20N2O3. The summed E-state index contributed by atoms with van der Waals surface area (Å²) in [5.41, 5.74) is 2.81. The first-order valence-corrected chi connectivity index (χ1v) is 7.90. The van der Waals surface area contributed by atoms with Crippen molar-refractivity contribution in [2.45, 2.75) is 13.5 Å². The molecule has 0 aliphatic carbocycles. The van der Waals surface area contributed by atoms with Gasteiger partial charge in [0, 0.05) is 19.6 Å². The molecule has 2 amide bonds. The van der Waals surface area contributed by atoms with Crippen LogP contribution in [0.15, 0.2) is 48.5 Å². The van der Waals surface area contributed by atoms with E-state index >= 15 is 0 Å². The second-order valence-corrected chi connectivity index (χ2v) is 5.78. The van der Waals surface area contributed by atoms with Crippen LogP contribution in [-0.4, -0.2) is 36.9 Å². The van der Waals surface area contributed by atoms with E-state index in [1.165, 1.54) is 4.90 Å². The van der Waals surface area contributed by atoms with Crippen LogP contribution in [0.5, 0.6) is 5.75 Å². The Labute approximate surface area is 141 Å². The molecular weight excluding hydrogens is 304 g/mol. The molecule has 24 heavy (non-hydrogen) atoms. The van der Waals surface area contributed by atoms with E-state index in [1.807, 2.05) is 43.3 Å². The molecule has 2 aromatic carbocycles. The molecule has 0 spiro atoms. The summed E-state index contributed by atoms with van der Waals surface area (Å²) in [6.07, 6.45) is 0. The molecule has 1 aliphatic rings. The van der Waals surface area contributed by atoms with Crippen molar-refractivity contribution >= 4 is 17.5 Å². The van der Waals surface area contributed by atoms with Crippen LogP contribution in [0.3, 0.4) is 0 Å². The van der Waals surface area contributed by atoms with Gasteiger partial charge in [0.25, 0.3) is 0 Å². The average Bonchev–Trinajstić information content (AvgIpc) is 2.61. The number of carbonyl (C=O) groups is 2.